The zero-order chi connectivity index (χ0) is 11.5. The van der Waals surface area contributed by atoms with E-state index in [1.165, 1.54) is 12.3 Å². The predicted octanol–water partition coefficient (Wildman–Crippen LogP) is 0.696. The summed E-state index contributed by atoms with van der Waals surface area (Å²) in [4.78, 5) is 22.5. The topological polar surface area (TPSA) is 58.6 Å². The molecule has 5 nitrogen and oxygen atoms in total. The van der Waals surface area contributed by atoms with Gasteiger partial charge in [-0.05, 0) is 24.3 Å². The first-order valence-electron chi connectivity index (χ1n) is 4.67. The van der Waals surface area contributed by atoms with E-state index < -0.39 is 0 Å². The molecule has 2 amide bonds. The zero-order valence-corrected chi connectivity index (χ0v) is 8.64. The Bertz CT molecular complexity index is 451. The van der Waals surface area contributed by atoms with Crippen LogP contribution in [0, 0.1) is 0 Å². The lowest BCUT2D eigenvalue weighted by molar-refractivity contribution is -0.128. The van der Waals surface area contributed by atoms with Gasteiger partial charge in [-0.1, -0.05) is 0 Å². The highest BCUT2D eigenvalue weighted by Gasteiger charge is 2.18. The third kappa shape index (κ3) is 1.88. The van der Waals surface area contributed by atoms with Crippen molar-refractivity contribution < 1.29 is 14.3 Å². The standard InChI is InChI=1S/C11H10N2O3/c1-16-9-4-2-8(3-5-9)11(15)12-13-7-6-10(13)14/h2-7H,1H3,(H,12,15). The lowest BCUT2D eigenvalue weighted by Gasteiger charge is -2.23. The van der Waals surface area contributed by atoms with Gasteiger partial charge >= 0.3 is 0 Å². The Kier molecular flexibility index (Phi) is 2.59. The quantitative estimate of drug-likeness (QED) is 0.812. The number of hydrogen-bond donors (Lipinski definition) is 1. The van der Waals surface area contributed by atoms with Gasteiger partial charge in [0.25, 0.3) is 11.8 Å². The number of carbonyl (C=O) groups is 2. The first-order chi connectivity index (χ1) is 7.70. The van der Waals surface area contributed by atoms with Crippen molar-refractivity contribution in [3.05, 3.63) is 42.1 Å². The Morgan fingerprint density at radius 2 is 2.00 bits per heavy atom. The average molecular weight is 218 g/mol. The fourth-order valence-electron chi connectivity index (χ4n) is 1.22. The summed E-state index contributed by atoms with van der Waals surface area (Å²) < 4.78 is 4.97. The number of ether oxygens (including phenoxy) is 1. The third-order valence-electron chi connectivity index (χ3n) is 2.18. The number of hydrogen-bond acceptors (Lipinski definition) is 3. The highest BCUT2D eigenvalue weighted by molar-refractivity contribution is 5.99. The maximum atomic E-state index is 11.6. The van der Waals surface area contributed by atoms with Crippen molar-refractivity contribution in [2.75, 3.05) is 7.11 Å². The monoisotopic (exact) mass is 218 g/mol. The predicted molar refractivity (Wildman–Crippen MR) is 56.4 cm³/mol. The van der Waals surface area contributed by atoms with Crippen LogP contribution in [0.4, 0.5) is 0 Å². The van der Waals surface area contributed by atoms with Gasteiger partial charge in [0, 0.05) is 17.8 Å². The first kappa shape index (κ1) is 10.2. The van der Waals surface area contributed by atoms with Crippen molar-refractivity contribution in [1.29, 1.82) is 0 Å². The minimum absolute atomic E-state index is 0.234. The van der Waals surface area contributed by atoms with E-state index in [1.54, 1.807) is 31.4 Å². The molecule has 2 rings (SSSR count). The molecule has 0 spiro atoms. The number of rotatable bonds is 3. The zero-order valence-electron chi connectivity index (χ0n) is 8.64. The van der Waals surface area contributed by atoms with Gasteiger partial charge in [-0.2, -0.15) is 0 Å². The van der Waals surface area contributed by atoms with Crippen molar-refractivity contribution in [3.63, 3.8) is 0 Å². The average Bonchev–Trinajstić information content (AvgIpc) is 2.34. The Morgan fingerprint density at radius 3 is 2.44 bits per heavy atom. The van der Waals surface area contributed by atoms with Gasteiger partial charge < -0.3 is 4.74 Å². The first-order valence-corrected chi connectivity index (χ1v) is 4.67. The van der Waals surface area contributed by atoms with Gasteiger partial charge in [0.1, 0.15) is 5.75 Å². The molecule has 0 unspecified atom stereocenters. The molecular weight excluding hydrogens is 208 g/mol. The molecule has 1 N–H and O–H groups in total. The summed E-state index contributed by atoms with van der Waals surface area (Å²) >= 11 is 0. The van der Waals surface area contributed by atoms with E-state index >= 15 is 0 Å². The van der Waals surface area contributed by atoms with Crippen LogP contribution < -0.4 is 10.2 Å². The molecule has 0 bridgehead atoms. The van der Waals surface area contributed by atoms with E-state index in [9.17, 15) is 9.59 Å². The van der Waals surface area contributed by atoms with Gasteiger partial charge in [0.15, 0.2) is 0 Å². The van der Waals surface area contributed by atoms with Crippen LogP contribution in [0.25, 0.3) is 0 Å². The minimum atomic E-state index is -0.333. The fraction of sp³-hybridized carbons (Fsp3) is 0.0909. The second-order valence-corrected chi connectivity index (χ2v) is 3.19. The fourth-order valence-corrected chi connectivity index (χ4v) is 1.22. The number of hydrazine groups is 1. The highest BCUT2D eigenvalue weighted by atomic mass is 16.5. The van der Waals surface area contributed by atoms with Crippen LogP contribution in [-0.2, 0) is 4.79 Å². The number of amides is 2. The van der Waals surface area contributed by atoms with Crippen molar-refractivity contribution >= 4 is 11.8 Å². The minimum Gasteiger partial charge on any atom is -0.497 e. The Morgan fingerprint density at radius 1 is 1.31 bits per heavy atom. The maximum Gasteiger partial charge on any atom is 0.270 e. The van der Waals surface area contributed by atoms with E-state index in [1.807, 2.05) is 0 Å². The molecule has 1 heterocycles. The van der Waals surface area contributed by atoms with Crippen LogP contribution in [0.5, 0.6) is 5.75 Å². The summed E-state index contributed by atoms with van der Waals surface area (Å²) in [5, 5.41) is 1.13. The summed E-state index contributed by atoms with van der Waals surface area (Å²) in [5.74, 6) is 0.110. The number of nitrogens with zero attached hydrogens (tertiary/aromatic N) is 1. The van der Waals surface area contributed by atoms with Crippen molar-refractivity contribution in [2.24, 2.45) is 0 Å². The molecule has 1 aliphatic rings. The van der Waals surface area contributed by atoms with Gasteiger partial charge in [-0.3, -0.25) is 15.0 Å². The lowest BCUT2D eigenvalue weighted by Crippen LogP contribution is -2.46. The van der Waals surface area contributed by atoms with Crippen molar-refractivity contribution in [3.8, 4) is 5.75 Å². The van der Waals surface area contributed by atoms with Crippen LogP contribution in [0.15, 0.2) is 36.5 Å². The molecule has 1 aromatic rings. The van der Waals surface area contributed by atoms with Crippen LogP contribution in [0.2, 0.25) is 0 Å². The molecule has 82 valence electrons. The van der Waals surface area contributed by atoms with Gasteiger partial charge in [-0.25, -0.2) is 5.01 Å². The molecule has 0 aliphatic carbocycles. The van der Waals surface area contributed by atoms with Crippen molar-refractivity contribution in [1.82, 2.24) is 10.4 Å². The van der Waals surface area contributed by atoms with Crippen LogP contribution in [0.3, 0.4) is 0 Å². The van der Waals surface area contributed by atoms with E-state index in [-0.39, 0.29) is 11.8 Å². The number of benzene rings is 1. The summed E-state index contributed by atoms with van der Waals surface area (Å²) in [6.45, 7) is 0. The van der Waals surface area contributed by atoms with E-state index in [4.69, 9.17) is 4.74 Å². The smallest absolute Gasteiger partial charge is 0.270 e. The van der Waals surface area contributed by atoms with Gasteiger partial charge in [-0.15, -0.1) is 0 Å². The molecule has 0 saturated carbocycles. The molecule has 0 atom stereocenters. The molecule has 0 saturated heterocycles. The normalized spacial score (nSPS) is 13.3. The molecule has 1 aliphatic heterocycles. The molecule has 1 aromatic carbocycles. The summed E-state index contributed by atoms with van der Waals surface area (Å²) in [6, 6.07) is 6.62. The second-order valence-electron chi connectivity index (χ2n) is 3.19. The largest absolute Gasteiger partial charge is 0.497 e. The summed E-state index contributed by atoms with van der Waals surface area (Å²) in [6.07, 6.45) is 2.86. The van der Waals surface area contributed by atoms with Crippen LogP contribution >= 0.6 is 0 Å². The number of carbonyl (C=O) groups excluding carboxylic acids is 2. The SMILES string of the molecule is COc1ccc(C(=O)NN2C=CC2=O)cc1. The van der Waals surface area contributed by atoms with Gasteiger partial charge in [0.2, 0.25) is 0 Å². The van der Waals surface area contributed by atoms with E-state index in [0.29, 0.717) is 11.3 Å². The Balaban J connectivity index is 2.03. The molecule has 16 heavy (non-hydrogen) atoms. The Labute approximate surface area is 92.3 Å². The maximum absolute atomic E-state index is 11.6. The molecule has 5 heteroatoms. The molecule has 0 aromatic heterocycles. The molecule has 0 fully saturated rings. The lowest BCUT2D eigenvalue weighted by atomic mass is 10.2. The summed E-state index contributed by atoms with van der Waals surface area (Å²) in [5.41, 5.74) is 2.90. The van der Waals surface area contributed by atoms with Gasteiger partial charge in [0.05, 0.1) is 7.11 Å². The third-order valence-corrected chi connectivity index (χ3v) is 2.18. The van der Waals surface area contributed by atoms with Crippen LogP contribution in [-0.4, -0.2) is 23.9 Å². The van der Waals surface area contributed by atoms with E-state index in [0.717, 1.165) is 5.01 Å². The summed E-state index contributed by atoms with van der Waals surface area (Å²) in [7, 11) is 1.55. The number of nitrogens with one attached hydrogen (secondary N) is 1. The number of methoxy groups -OCH3 is 1. The molecular formula is C11H10N2O3. The Hall–Kier alpha value is -2.30. The molecule has 0 radical (unpaired) electrons. The van der Waals surface area contributed by atoms with E-state index in [2.05, 4.69) is 5.43 Å². The highest BCUT2D eigenvalue weighted by Crippen LogP contribution is 2.11. The van der Waals surface area contributed by atoms with Crippen molar-refractivity contribution in [2.45, 2.75) is 0 Å². The van der Waals surface area contributed by atoms with Crippen LogP contribution in [0.1, 0.15) is 10.4 Å². The second kappa shape index (κ2) is 4.06.